The molecule has 0 aliphatic carbocycles. The first-order valence-corrected chi connectivity index (χ1v) is 9.91. The first-order chi connectivity index (χ1) is 14.4. The third-order valence-corrected chi connectivity index (χ3v) is 5.16. The van der Waals surface area contributed by atoms with Gasteiger partial charge in [-0.05, 0) is 43.2 Å². The molecule has 1 aliphatic rings. The molecule has 1 N–H and O–H groups in total. The minimum Gasteiger partial charge on any atom is -0.460 e. The van der Waals surface area contributed by atoms with Crippen LogP contribution in [0.5, 0.6) is 5.88 Å². The van der Waals surface area contributed by atoms with E-state index >= 15 is 0 Å². The van der Waals surface area contributed by atoms with Gasteiger partial charge in [0.05, 0.1) is 30.2 Å². The molecule has 1 fully saturated rings. The van der Waals surface area contributed by atoms with Crippen LogP contribution in [0.25, 0.3) is 10.9 Å². The number of hydrogen-bond acceptors (Lipinski definition) is 6. The van der Waals surface area contributed by atoms with Crippen molar-refractivity contribution in [3.63, 3.8) is 0 Å². The molecule has 158 valence electrons. The van der Waals surface area contributed by atoms with E-state index in [-0.39, 0.29) is 5.91 Å². The molecule has 0 unspecified atom stereocenters. The maximum absolute atomic E-state index is 12.8. The largest absolute Gasteiger partial charge is 0.460 e. The van der Waals surface area contributed by atoms with Crippen LogP contribution in [0.3, 0.4) is 0 Å². The zero-order chi connectivity index (χ0) is 21.3. The number of likely N-dealkylation sites (tertiary alicyclic amines) is 1. The summed E-state index contributed by atoms with van der Waals surface area (Å²) in [4.78, 5) is 18.6. The fraction of sp³-hybridized carbons (Fsp3) is 0.409. The summed E-state index contributed by atoms with van der Waals surface area (Å²) in [6.45, 7) is 5.12. The van der Waals surface area contributed by atoms with Crippen LogP contribution in [0.2, 0.25) is 0 Å². The zero-order valence-corrected chi connectivity index (χ0v) is 17.4. The van der Waals surface area contributed by atoms with Crippen molar-refractivity contribution in [2.45, 2.75) is 38.7 Å². The fourth-order valence-electron chi connectivity index (χ4n) is 3.60. The van der Waals surface area contributed by atoms with Crippen LogP contribution < -0.4 is 4.74 Å². The molecule has 4 rings (SSSR count). The Hall–Kier alpha value is -2.97. The smallest absolute Gasteiger partial charge is 0.266 e. The molecule has 8 nitrogen and oxygen atoms in total. The lowest BCUT2D eigenvalue weighted by atomic mass is 10.0. The fourth-order valence-corrected chi connectivity index (χ4v) is 3.60. The van der Waals surface area contributed by atoms with E-state index in [0.717, 1.165) is 22.0 Å². The van der Waals surface area contributed by atoms with E-state index in [9.17, 15) is 9.90 Å². The molecule has 1 aromatic carbocycles. The summed E-state index contributed by atoms with van der Waals surface area (Å²) < 4.78 is 13.3. The second kappa shape index (κ2) is 8.04. The number of nitrogens with zero attached hydrogens (tertiary/aromatic N) is 4. The van der Waals surface area contributed by atoms with Crippen LogP contribution in [0.4, 0.5) is 0 Å². The maximum Gasteiger partial charge on any atom is 0.266 e. The average molecular weight is 410 g/mol. The monoisotopic (exact) mass is 410 g/mol. The minimum absolute atomic E-state index is 0.171. The third kappa shape index (κ3) is 4.01. The second-order valence-corrected chi connectivity index (χ2v) is 8.08. The number of ether oxygens (including phenoxy) is 2. The molecule has 1 saturated heterocycles. The Labute approximate surface area is 175 Å². The molecule has 0 saturated carbocycles. The van der Waals surface area contributed by atoms with Crippen LogP contribution in [-0.4, -0.2) is 62.6 Å². The number of pyridine rings is 1. The number of fused-ring (bicyclic) bond motifs is 1. The maximum atomic E-state index is 12.8. The van der Waals surface area contributed by atoms with Gasteiger partial charge in [0, 0.05) is 32.6 Å². The van der Waals surface area contributed by atoms with E-state index in [1.807, 2.05) is 35.0 Å². The predicted molar refractivity (Wildman–Crippen MR) is 111 cm³/mol. The molecule has 1 aliphatic heterocycles. The lowest BCUT2D eigenvalue weighted by Crippen LogP contribution is -2.60. The van der Waals surface area contributed by atoms with Gasteiger partial charge in [-0.2, -0.15) is 0 Å². The first-order valence-electron chi connectivity index (χ1n) is 9.91. The summed E-state index contributed by atoms with van der Waals surface area (Å²) in [6.07, 6.45) is 3.08. The van der Waals surface area contributed by atoms with Crippen LogP contribution in [-0.2, 0) is 22.7 Å². The molecule has 0 spiro atoms. The summed E-state index contributed by atoms with van der Waals surface area (Å²) >= 11 is 0. The van der Waals surface area contributed by atoms with Crippen molar-refractivity contribution in [1.29, 1.82) is 0 Å². The number of carbonyl (C=O) groups excluding carboxylic acids is 1. The van der Waals surface area contributed by atoms with Crippen LogP contribution in [0, 0.1) is 0 Å². The summed E-state index contributed by atoms with van der Waals surface area (Å²) in [5, 5.41) is 15.0. The Kier molecular flexibility index (Phi) is 5.44. The van der Waals surface area contributed by atoms with Gasteiger partial charge in [0.15, 0.2) is 5.60 Å². The molecule has 0 atom stereocenters. The van der Waals surface area contributed by atoms with Crippen molar-refractivity contribution >= 4 is 16.8 Å². The van der Waals surface area contributed by atoms with E-state index in [1.165, 1.54) is 0 Å². The van der Waals surface area contributed by atoms with Crippen molar-refractivity contribution < 1.29 is 19.4 Å². The second-order valence-electron chi connectivity index (χ2n) is 8.08. The van der Waals surface area contributed by atoms with Gasteiger partial charge in [0.1, 0.15) is 0 Å². The summed E-state index contributed by atoms with van der Waals surface area (Å²) in [7, 11) is 1.65. The predicted octanol–water partition coefficient (Wildman–Crippen LogP) is 1.99. The Morgan fingerprint density at radius 3 is 2.73 bits per heavy atom. The van der Waals surface area contributed by atoms with Crippen LogP contribution in [0.1, 0.15) is 25.0 Å². The van der Waals surface area contributed by atoms with Gasteiger partial charge in [0.2, 0.25) is 5.88 Å². The number of aliphatic hydroxyl groups excluding tert-OH is 1. The SMILES string of the molecule is COCc1ccc2c(c1)c(OC(C)(C)C(=O)N1CC(O)C1)nn2Cc1cccnc1. The Bertz CT molecular complexity index is 1040. The Morgan fingerprint density at radius 1 is 1.27 bits per heavy atom. The lowest BCUT2D eigenvalue weighted by molar-refractivity contribution is -0.155. The van der Waals surface area contributed by atoms with Gasteiger partial charge in [-0.15, -0.1) is 5.10 Å². The van der Waals surface area contributed by atoms with Gasteiger partial charge in [-0.25, -0.2) is 0 Å². The topological polar surface area (TPSA) is 89.7 Å². The molecule has 30 heavy (non-hydrogen) atoms. The normalized spacial score (nSPS) is 14.7. The number of rotatable bonds is 7. The summed E-state index contributed by atoms with van der Waals surface area (Å²) in [5.74, 6) is 0.224. The van der Waals surface area contributed by atoms with Crippen LogP contribution in [0.15, 0.2) is 42.7 Å². The van der Waals surface area contributed by atoms with Crippen LogP contribution >= 0.6 is 0 Å². The number of aliphatic hydroxyl groups is 1. The molecule has 0 radical (unpaired) electrons. The Balaban J connectivity index is 1.68. The van der Waals surface area contributed by atoms with Gasteiger partial charge in [-0.3, -0.25) is 14.5 Å². The molecule has 0 bridgehead atoms. The molecule has 1 amide bonds. The zero-order valence-electron chi connectivity index (χ0n) is 17.4. The van der Waals surface area contributed by atoms with E-state index < -0.39 is 11.7 Å². The quantitative estimate of drug-likeness (QED) is 0.641. The number of carbonyl (C=O) groups is 1. The van der Waals surface area contributed by atoms with Gasteiger partial charge >= 0.3 is 0 Å². The van der Waals surface area contributed by atoms with Crippen molar-refractivity contribution in [1.82, 2.24) is 19.7 Å². The highest BCUT2D eigenvalue weighted by Gasteiger charge is 2.40. The van der Waals surface area contributed by atoms with Crippen molar-refractivity contribution in [2.75, 3.05) is 20.2 Å². The number of hydrogen-bond donors (Lipinski definition) is 1. The highest BCUT2D eigenvalue weighted by Crippen LogP contribution is 2.31. The molecule has 8 heteroatoms. The van der Waals surface area contributed by atoms with E-state index in [2.05, 4.69) is 10.1 Å². The number of methoxy groups -OCH3 is 1. The Morgan fingerprint density at radius 2 is 2.07 bits per heavy atom. The van der Waals surface area contributed by atoms with Crippen molar-refractivity contribution in [2.24, 2.45) is 0 Å². The molecular formula is C22H26N4O4. The molecule has 3 heterocycles. The van der Waals surface area contributed by atoms with E-state index in [1.54, 1.807) is 38.3 Å². The standard InChI is InChI=1S/C22H26N4O4/c1-22(2,21(28)25-12-17(27)13-25)30-20-18-9-15(14-29-3)6-7-19(18)26(24-20)11-16-5-4-8-23-10-16/h4-10,17,27H,11-14H2,1-3H3. The van der Waals surface area contributed by atoms with Gasteiger partial charge in [-0.1, -0.05) is 12.1 Å². The van der Waals surface area contributed by atoms with Crippen molar-refractivity contribution in [3.8, 4) is 5.88 Å². The highest BCUT2D eigenvalue weighted by atomic mass is 16.5. The van der Waals surface area contributed by atoms with Gasteiger partial charge < -0.3 is 19.5 Å². The molecule has 2 aromatic heterocycles. The van der Waals surface area contributed by atoms with Gasteiger partial charge in [0.25, 0.3) is 5.91 Å². The summed E-state index contributed by atoms with van der Waals surface area (Å²) in [5.41, 5.74) is 1.79. The molecule has 3 aromatic rings. The highest BCUT2D eigenvalue weighted by molar-refractivity contribution is 5.88. The van der Waals surface area contributed by atoms with Crippen molar-refractivity contribution in [3.05, 3.63) is 53.9 Å². The van der Waals surface area contributed by atoms with E-state index in [0.29, 0.717) is 32.1 Å². The minimum atomic E-state index is -1.11. The number of benzene rings is 1. The number of amides is 1. The summed E-state index contributed by atoms with van der Waals surface area (Å²) in [6, 6.07) is 9.84. The molecular weight excluding hydrogens is 384 g/mol. The average Bonchev–Trinajstić information content (AvgIpc) is 3.02. The van der Waals surface area contributed by atoms with E-state index in [4.69, 9.17) is 9.47 Å². The number of aromatic nitrogens is 3. The third-order valence-electron chi connectivity index (χ3n) is 5.16. The lowest BCUT2D eigenvalue weighted by Gasteiger charge is -2.40. The number of β-amino-alcohol motifs (C(OH)–C–C–N with tert-alkyl or cyclic N) is 1. The first kappa shape index (κ1) is 20.3.